The van der Waals surface area contributed by atoms with Gasteiger partial charge >= 0.3 is 0 Å². The molecule has 70 valence electrons. The molecule has 0 unspecified atom stereocenters. The molecule has 0 radical (unpaired) electrons. The van der Waals surface area contributed by atoms with E-state index in [4.69, 9.17) is 0 Å². The van der Waals surface area contributed by atoms with E-state index < -0.39 is 0 Å². The molecule has 1 saturated carbocycles. The molecule has 0 atom stereocenters. The Labute approximate surface area is 76.3 Å². The zero-order valence-corrected chi connectivity index (χ0v) is 8.31. The van der Waals surface area contributed by atoms with Gasteiger partial charge in [-0.15, -0.1) is 0 Å². The van der Waals surface area contributed by atoms with E-state index in [1.165, 1.54) is 51.4 Å². The third-order valence-electron chi connectivity index (χ3n) is 3.06. The summed E-state index contributed by atoms with van der Waals surface area (Å²) in [4.78, 5) is 4.27. The molecule has 12 heavy (non-hydrogen) atoms. The molecule has 1 fully saturated rings. The molecular formula is C11H21N. The van der Waals surface area contributed by atoms with E-state index in [1.54, 1.807) is 0 Å². The second-order valence-electron chi connectivity index (χ2n) is 4.28. The molecule has 1 aliphatic carbocycles. The molecule has 1 rings (SSSR count). The molecule has 1 heteroatoms. The van der Waals surface area contributed by atoms with Gasteiger partial charge in [-0.2, -0.15) is 0 Å². The quantitative estimate of drug-likeness (QED) is 0.529. The lowest BCUT2D eigenvalue weighted by Crippen LogP contribution is -2.20. The lowest BCUT2D eigenvalue weighted by molar-refractivity contribution is 0.388. The van der Waals surface area contributed by atoms with Gasteiger partial charge in [-0.05, 0) is 26.5 Å². The minimum absolute atomic E-state index is 0.199. The Balaban J connectivity index is 2.43. The van der Waals surface area contributed by atoms with Crippen molar-refractivity contribution in [3.63, 3.8) is 0 Å². The third kappa shape index (κ3) is 2.96. The first-order valence-electron chi connectivity index (χ1n) is 5.25. The molecule has 0 heterocycles. The Morgan fingerprint density at radius 2 is 1.33 bits per heavy atom. The van der Waals surface area contributed by atoms with Crippen molar-refractivity contribution in [3.8, 4) is 0 Å². The zero-order valence-electron chi connectivity index (χ0n) is 8.31. The maximum Gasteiger partial charge on any atom is 0.0573 e. The van der Waals surface area contributed by atoms with E-state index in [2.05, 4.69) is 18.6 Å². The van der Waals surface area contributed by atoms with Crippen molar-refractivity contribution < 1.29 is 0 Å². The summed E-state index contributed by atoms with van der Waals surface area (Å²) in [7, 11) is 0. The Bertz CT molecular complexity index is 130. The summed E-state index contributed by atoms with van der Waals surface area (Å²) in [6, 6.07) is 0. The molecule has 0 saturated heterocycles. The van der Waals surface area contributed by atoms with Gasteiger partial charge in [0.15, 0.2) is 0 Å². The summed E-state index contributed by atoms with van der Waals surface area (Å²) in [5.74, 6) is 0. The number of aliphatic imine (C=N–C) groups is 1. The van der Waals surface area contributed by atoms with Gasteiger partial charge in [-0.3, -0.25) is 4.99 Å². The van der Waals surface area contributed by atoms with E-state index in [9.17, 15) is 0 Å². The van der Waals surface area contributed by atoms with Crippen LogP contribution in [0.2, 0.25) is 0 Å². The van der Waals surface area contributed by atoms with Gasteiger partial charge in [0.25, 0.3) is 0 Å². The monoisotopic (exact) mass is 167 g/mol. The predicted molar refractivity (Wildman–Crippen MR) is 54.9 cm³/mol. The van der Waals surface area contributed by atoms with Crippen molar-refractivity contribution in [2.45, 2.75) is 63.8 Å². The van der Waals surface area contributed by atoms with E-state index in [1.807, 2.05) is 0 Å². The van der Waals surface area contributed by atoms with E-state index in [-0.39, 0.29) is 5.54 Å². The standard InChI is InChI=1S/C11H21N/c1-11(12-2)9-7-5-3-4-6-8-10-11/h2-10H2,1H3. The van der Waals surface area contributed by atoms with Gasteiger partial charge in [0.2, 0.25) is 0 Å². The first kappa shape index (κ1) is 9.76. The summed E-state index contributed by atoms with van der Waals surface area (Å²) < 4.78 is 0. The Morgan fingerprint density at radius 1 is 0.917 bits per heavy atom. The lowest BCUT2D eigenvalue weighted by atomic mass is 9.91. The minimum atomic E-state index is 0.199. The average molecular weight is 167 g/mol. The van der Waals surface area contributed by atoms with E-state index in [0.717, 1.165) is 0 Å². The highest BCUT2D eigenvalue weighted by Crippen LogP contribution is 2.27. The molecule has 0 aromatic carbocycles. The fraction of sp³-hybridized carbons (Fsp3) is 0.909. The molecule has 0 aromatic heterocycles. The molecule has 0 amide bonds. The molecule has 0 bridgehead atoms. The van der Waals surface area contributed by atoms with E-state index in [0.29, 0.717) is 0 Å². The van der Waals surface area contributed by atoms with Crippen LogP contribution in [0.5, 0.6) is 0 Å². The Morgan fingerprint density at radius 3 is 1.75 bits per heavy atom. The third-order valence-corrected chi connectivity index (χ3v) is 3.06. The molecule has 1 nitrogen and oxygen atoms in total. The highest BCUT2D eigenvalue weighted by molar-refractivity contribution is 5.25. The number of hydrogen-bond acceptors (Lipinski definition) is 1. The summed E-state index contributed by atoms with van der Waals surface area (Å²) in [6.45, 7) is 5.96. The first-order chi connectivity index (χ1) is 5.77. The van der Waals surface area contributed by atoms with Crippen LogP contribution in [0.4, 0.5) is 0 Å². The minimum Gasteiger partial charge on any atom is -0.295 e. The summed E-state index contributed by atoms with van der Waals surface area (Å²) in [5, 5.41) is 0. The van der Waals surface area contributed by atoms with Gasteiger partial charge in [-0.25, -0.2) is 0 Å². The van der Waals surface area contributed by atoms with Crippen LogP contribution < -0.4 is 0 Å². The van der Waals surface area contributed by atoms with Gasteiger partial charge in [0.05, 0.1) is 5.54 Å². The summed E-state index contributed by atoms with van der Waals surface area (Å²) >= 11 is 0. The number of nitrogens with zero attached hydrogens (tertiary/aromatic N) is 1. The summed E-state index contributed by atoms with van der Waals surface area (Å²) in [6.07, 6.45) is 10.8. The van der Waals surface area contributed by atoms with Crippen LogP contribution in [0.1, 0.15) is 58.3 Å². The van der Waals surface area contributed by atoms with Crippen LogP contribution >= 0.6 is 0 Å². The van der Waals surface area contributed by atoms with Crippen molar-refractivity contribution in [2.75, 3.05) is 0 Å². The molecule has 1 aliphatic rings. The Hall–Kier alpha value is -0.330. The SMILES string of the molecule is C=NC1(C)CCCCCCCC1. The first-order valence-corrected chi connectivity index (χ1v) is 5.25. The second kappa shape index (κ2) is 4.64. The topological polar surface area (TPSA) is 12.4 Å². The molecule has 0 N–H and O–H groups in total. The molecule has 0 spiro atoms. The normalized spacial score (nSPS) is 25.1. The second-order valence-corrected chi connectivity index (χ2v) is 4.28. The fourth-order valence-electron chi connectivity index (χ4n) is 2.00. The van der Waals surface area contributed by atoms with Gasteiger partial charge in [0, 0.05) is 0 Å². The van der Waals surface area contributed by atoms with Crippen molar-refractivity contribution in [1.82, 2.24) is 0 Å². The highest BCUT2D eigenvalue weighted by atomic mass is 14.8. The van der Waals surface area contributed by atoms with Crippen molar-refractivity contribution in [3.05, 3.63) is 0 Å². The number of hydrogen-bond donors (Lipinski definition) is 0. The van der Waals surface area contributed by atoms with Gasteiger partial charge in [0.1, 0.15) is 0 Å². The smallest absolute Gasteiger partial charge is 0.0573 e. The van der Waals surface area contributed by atoms with Crippen LogP contribution in [-0.4, -0.2) is 12.3 Å². The zero-order chi connectivity index (χ0) is 8.86. The highest BCUT2D eigenvalue weighted by Gasteiger charge is 2.21. The molecule has 0 aliphatic heterocycles. The van der Waals surface area contributed by atoms with Crippen LogP contribution in [0.25, 0.3) is 0 Å². The number of rotatable bonds is 1. The Kier molecular flexibility index (Phi) is 3.77. The van der Waals surface area contributed by atoms with Crippen molar-refractivity contribution in [2.24, 2.45) is 4.99 Å². The van der Waals surface area contributed by atoms with E-state index >= 15 is 0 Å². The molecular weight excluding hydrogens is 146 g/mol. The van der Waals surface area contributed by atoms with Crippen molar-refractivity contribution >= 4 is 6.72 Å². The van der Waals surface area contributed by atoms with Crippen LogP contribution in [0, 0.1) is 0 Å². The van der Waals surface area contributed by atoms with Crippen LogP contribution in [-0.2, 0) is 0 Å². The predicted octanol–water partition coefficient (Wildman–Crippen LogP) is 3.58. The largest absolute Gasteiger partial charge is 0.295 e. The average Bonchev–Trinajstić information content (AvgIpc) is 2.18. The fourth-order valence-corrected chi connectivity index (χ4v) is 2.00. The van der Waals surface area contributed by atoms with Gasteiger partial charge < -0.3 is 0 Å². The van der Waals surface area contributed by atoms with Crippen molar-refractivity contribution in [1.29, 1.82) is 0 Å². The van der Waals surface area contributed by atoms with Crippen LogP contribution in [0.3, 0.4) is 0 Å². The summed E-state index contributed by atoms with van der Waals surface area (Å²) in [5.41, 5.74) is 0.199. The maximum absolute atomic E-state index is 4.27. The maximum atomic E-state index is 4.27. The van der Waals surface area contributed by atoms with Gasteiger partial charge in [-0.1, -0.05) is 38.5 Å². The molecule has 0 aromatic rings. The van der Waals surface area contributed by atoms with Crippen LogP contribution in [0.15, 0.2) is 4.99 Å². The lowest BCUT2D eigenvalue weighted by Gasteiger charge is -2.23.